The zero-order chi connectivity index (χ0) is 11.1. The Balaban J connectivity index is 4.07. The van der Waals surface area contributed by atoms with Gasteiger partial charge in [-0.2, -0.15) is 0 Å². The normalized spacial score (nSPS) is 9.07. The van der Waals surface area contributed by atoms with Crippen LogP contribution in [0.3, 0.4) is 0 Å². The highest BCUT2D eigenvalue weighted by atomic mass is 16.5. The molecule has 0 aromatic rings. The molecule has 0 aliphatic rings. The number of esters is 1. The number of nitrogens with zero attached hydrogens (tertiary/aromatic N) is 1. The number of hydrogen-bond acceptors (Lipinski definition) is 4. The minimum atomic E-state index is -0.975. The minimum Gasteiger partial charge on any atom is -0.462 e. The van der Waals surface area contributed by atoms with Gasteiger partial charge in [0.05, 0.1) is 13.7 Å². The molecule has 0 aromatic carbocycles. The first-order chi connectivity index (χ1) is 6.52. The van der Waals surface area contributed by atoms with E-state index in [1.165, 1.54) is 7.05 Å². The molecule has 0 radical (unpaired) electrons. The third-order valence-corrected chi connectivity index (χ3v) is 1.46. The average Bonchev–Trinajstić information content (AvgIpc) is 2.15. The molecule has 0 saturated heterocycles. The van der Waals surface area contributed by atoms with Crippen molar-refractivity contribution in [3.63, 3.8) is 0 Å². The van der Waals surface area contributed by atoms with Gasteiger partial charge in [0.15, 0.2) is 0 Å². The number of amides is 2. The Morgan fingerprint density at radius 1 is 1.36 bits per heavy atom. The van der Waals surface area contributed by atoms with E-state index in [0.29, 0.717) is 6.54 Å². The third-order valence-electron chi connectivity index (χ3n) is 1.46. The summed E-state index contributed by atoms with van der Waals surface area (Å²) in [6.45, 7) is 2.10. The topological polar surface area (TPSA) is 75.7 Å². The second-order valence-electron chi connectivity index (χ2n) is 2.61. The van der Waals surface area contributed by atoms with Gasteiger partial charge in [0.2, 0.25) is 5.91 Å². The number of methoxy groups -OCH3 is 1. The zero-order valence-electron chi connectivity index (χ0n) is 8.49. The maximum Gasteiger partial charge on any atom is 0.396 e. The highest BCUT2D eigenvalue weighted by Crippen LogP contribution is 1.87. The molecule has 0 saturated carbocycles. The van der Waals surface area contributed by atoms with Crippen LogP contribution in [0.1, 0.15) is 6.92 Å². The molecule has 0 aliphatic heterocycles. The second kappa shape index (κ2) is 5.95. The molecule has 0 aromatic heterocycles. The Labute approximate surface area is 82.2 Å². The number of hydrogen-bond donors (Lipinski definition) is 1. The molecule has 80 valence electrons. The number of rotatable bonds is 3. The van der Waals surface area contributed by atoms with E-state index in [1.807, 2.05) is 0 Å². The molecule has 0 unspecified atom stereocenters. The van der Waals surface area contributed by atoms with Crippen molar-refractivity contribution in [2.75, 3.05) is 27.2 Å². The van der Waals surface area contributed by atoms with Gasteiger partial charge in [0, 0.05) is 13.6 Å². The van der Waals surface area contributed by atoms with Gasteiger partial charge >= 0.3 is 11.9 Å². The van der Waals surface area contributed by atoms with Gasteiger partial charge < -0.3 is 15.0 Å². The molecule has 0 rings (SSSR count). The predicted octanol–water partition coefficient (Wildman–Crippen LogP) is -1.25. The van der Waals surface area contributed by atoms with Gasteiger partial charge in [-0.05, 0) is 6.92 Å². The monoisotopic (exact) mass is 202 g/mol. The first-order valence-corrected chi connectivity index (χ1v) is 4.13. The van der Waals surface area contributed by atoms with Crippen LogP contribution in [-0.4, -0.2) is 49.9 Å². The number of ether oxygens (including phenoxy) is 1. The van der Waals surface area contributed by atoms with E-state index in [1.54, 1.807) is 6.92 Å². The quantitative estimate of drug-likeness (QED) is 0.458. The Kier molecular flexibility index (Phi) is 5.28. The summed E-state index contributed by atoms with van der Waals surface area (Å²) in [5.74, 6) is -2.12. The van der Waals surface area contributed by atoms with Crippen molar-refractivity contribution < 1.29 is 19.1 Å². The molecule has 0 atom stereocenters. The van der Waals surface area contributed by atoms with E-state index in [0.717, 1.165) is 12.0 Å². The van der Waals surface area contributed by atoms with Crippen molar-refractivity contribution >= 4 is 17.8 Å². The number of likely N-dealkylation sites (N-methyl/N-ethyl adjacent to an activating group) is 2. The van der Waals surface area contributed by atoms with Crippen LogP contribution in [-0.2, 0) is 19.1 Å². The Hall–Kier alpha value is -1.59. The van der Waals surface area contributed by atoms with Gasteiger partial charge in [-0.3, -0.25) is 9.59 Å². The molecule has 14 heavy (non-hydrogen) atoms. The van der Waals surface area contributed by atoms with Crippen LogP contribution < -0.4 is 5.32 Å². The lowest BCUT2D eigenvalue weighted by molar-refractivity contribution is -0.157. The van der Waals surface area contributed by atoms with Crippen LogP contribution in [0.15, 0.2) is 0 Å². The molecule has 1 N–H and O–H groups in total. The predicted molar refractivity (Wildman–Crippen MR) is 48.3 cm³/mol. The standard InChI is InChI=1S/C8H14N2O4/c1-4-9-6(11)5-10(2)7(12)8(13)14-3/h4-5H2,1-3H3,(H,9,11). The van der Waals surface area contributed by atoms with Crippen molar-refractivity contribution in [1.29, 1.82) is 0 Å². The smallest absolute Gasteiger partial charge is 0.396 e. The fourth-order valence-electron chi connectivity index (χ4n) is 0.783. The van der Waals surface area contributed by atoms with E-state index < -0.39 is 11.9 Å². The SMILES string of the molecule is CCNC(=O)CN(C)C(=O)C(=O)OC. The summed E-state index contributed by atoms with van der Waals surface area (Å²) in [5.41, 5.74) is 0. The lowest BCUT2D eigenvalue weighted by Gasteiger charge is -2.14. The maximum atomic E-state index is 11.1. The van der Waals surface area contributed by atoms with Crippen LogP contribution in [0.4, 0.5) is 0 Å². The van der Waals surface area contributed by atoms with E-state index in [9.17, 15) is 14.4 Å². The fourth-order valence-corrected chi connectivity index (χ4v) is 0.783. The van der Waals surface area contributed by atoms with E-state index in [4.69, 9.17) is 0 Å². The van der Waals surface area contributed by atoms with Gasteiger partial charge in [0.25, 0.3) is 0 Å². The summed E-state index contributed by atoms with van der Waals surface area (Å²) >= 11 is 0. The van der Waals surface area contributed by atoms with Gasteiger partial charge in [0.1, 0.15) is 0 Å². The van der Waals surface area contributed by atoms with E-state index >= 15 is 0 Å². The van der Waals surface area contributed by atoms with Gasteiger partial charge in [-0.15, -0.1) is 0 Å². The lowest BCUT2D eigenvalue weighted by Crippen LogP contribution is -2.41. The molecule has 0 spiro atoms. The highest BCUT2D eigenvalue weighted by Gasteiger charge is 2.20. The molecule has 0 aliphatic carbocycles. The molecule has 2 amide bonds. The van der Waals surface area contributed by atoms with Crippen molar-refractivity contribution in [2.45, 2.75) is 6.92 Å². The van der Waals surface area contributed by atoms with Crippen LogP contribution >= 0.6 is 0 Å². The number of carbonyl (C=O) groups is 3. The van der Waals surface area contributed by atoms with E-state index in [-0.39, 0.29) is 12.5 Å². The first kappa shape index (κ1) is 12.4. The summed E-state index contributed by atoms with van der Waals surface area (Å²) in [7, 11) is 2.47. The third kappa shape index (κ3) is 3.88. The van der Waals surface area contributed by atoms with Crippen LogP contribution in [0, 0.1) is 0 Å². The molecule has 6 nitrogen and oxygen atoms in total. The first-order valence-electron chi connectivity index (χ1n) is 4.13. The molecule has 0 bridgehead atoms. The molecular weight excluding hydrogens is 188 g/mol. The van der Waals surface area contributed by atoms with Crippen LogP contribution in [0.25, 0.3) is 0 Å². The number of nitrogens with one attached hydrogen (secondary N) is 1. The summed E-state index contributed by atoms with van der Waals surface area (Å²) < 4.78 is 4.21. The fraction of sp³-hybridized carbons (Fsp3) is 0.625. The van der Waals surface area contributed by atoms with Gasteiger partial charge in [-0.1, -0.05) is 0 Å². The Morgan fingerprint density at radius 2 is 1.93 bits per heavy atom. The summed E-state index contributed by atoms with van der Waals surface area (Å²) in [4.78, 5) is 33.8. The average molecular weight is 202 g/mol. The minimum absolute atomic E-state index is 0.151. The summed E-state index contributed by atoms with van der Waals surface area (Å²) in [5, 5.41) is 2.50. The molecule has 0 fully saturated rings. The van der Waals surface area contributed by atoms with Crippen LogP contribution in [0.2, 0.25) is 0 Å². The van der Waals surface area contributed by atoms with Crippen molar-refractivity contribution in [2.24, 2.45) is 0 Å². The maximum absolute atomic E-state index is 11.1. The second-order valence-corrected chi connectivity index (χ2v) is 2.61. The highest BCUT2D eigenvalue weighted by molar-refractivity contribution is 6.32. The van der Waals surface area contributed by atoms with Crippen molar-refractivity contribution in [1.82, 2.24) is 10.2 Å². The molecule has 6 heteroatoms. The Bertz CT molecular complexity index is 239. The van der Waals surface area contributed by atoms with Crippen molar-refractivity contribution in [3.8, 4) is 0 Å². The van der Waals surface area contributed by atoms with Crippen molar-refractivity contribution in [3.05, 3.63) is 0 Å². The summed E-state index contributed by atoms with van der Waals surface area (Å²) in [6, 6.07) is 0. The largest absolute Gasteiger partial charge is 0.462 e. The van der Waals surface area contributed by atoms with E-state index in [2.05, 4.69) is 10.1 Å². The number of carbonyl (C=O) groups excluding carboxylic acids is 3. The molecular formula is C8H14N2O4. The van der Waals surface area contributed by atoms with Gasteiger partial charge in [-0.25, -0.2) is 4.79 Å². The van der Waals surface area contributed by atoms with Crippen LogP contribution in [0.5, 0.6) is 0 Å². The Morgan fingerprint density at radius 3 is 2.36 bits per heavy atom. The molecule has 0 heterocycles. The lowest BCUT2D eigenvalue weighted by atomic mass is 10.4. The zero-order valence-corrected chi connectivity index (χ0v) is 8.49. The summed E-state index contributed by atoms with van der Waals surface area (Å²) in [6.07, 6.45) is 0.